The molecule has 1 aromatic carbocycles. The van der Waals surface area contributed by atoms with Crippen LogP contribution >= 0.6 is 11.6 Å². The zero-order valence-electron chi connectivity index (χ0n) is 11.9. The first-order chi connectivity index (χ1) is 9.47. The number of carbonyl (C=O) groups is 1. The maximum atomic E-state index is 12.0. The Bertz CT molecular complexity index is 489. The van der Waals surface area contributed by atoms with Gasteiger partial charge < -0.3 is 10.4 Å². The number of nitrogens with one attached hydrogen (secondary N) is 1. The number of halogens is 1. The van der Waals surface area contributed by atoms with Gasteiger partial charge in [0.1, 0.15) is 0 Å². The Balaban J connectivity index is 1.83. The molecule has 0 heterocycles. The van der Waals surface area contributed by atoms with E-state index in [1.807, 2.05) is 31.0 Å². The topological polar surface area (TPSA) is 52.6 Å². The van der Waals surface area contributed by atoms with Crippen molar-refractivity contribution in [2.24, 2.45) is 5.92 Å². The molecule has 1 aliphatic carbocycles. The van der Waals surface area contributed by atoms with Crippen molar-refractivity contribution in [3.8, 4) is 0 Å². The molecule has 2 N–H and O–H groups in total. The third-order valence-electron chi connectivity index (χ3n) is 3.62. The number of rotatable bonds is 6. The van der Waals surface area contributed by atoms with Gasteiger partial charge in [0, 0.05) is 17.3 Å². The second kappa shape index (κ2) is 6.57. The SMILES string of the molecule is Cc1c(Cl)cccc1NC(=O)CN(C)CC(O)C1CC1. The van der Waals surface area contributed by atoms with Gasteiger partial charge in [-0.05, 0) is 50.4 Å². The normalized spacial score (nSPS) is 16.2. The highest BCUT2D eigenvalue weighted by Crippen LogP contribution is 2.32. The van der Waals surface area contributed by atoms with Gasteiger partial charge in [-0.1, -0.05) is 17.7 Å². The first-order valence-electron chi connectivity index (χ1n) is 6.89. The number of aliphatic hydroxyl groups is 1. The predicted octanol–water partition coefficient (Wildman–Crippen LogP) is 2.29. The number of nitrogens with zero attached hydrogens (tertiary/aromatic N) is 1. The minimum Gasteiger partial charge on any atom is -0.392 e. The molecule has 0 spiro atoms. The second-order valence-electron chi connectivity index (χ2n) is 5.56. The van der Waals surface area contributed by atoms with Crippen LogP contribution < -0.4 is 5.32 Å². The number of likely N-dealkylation sites (N-methyl/N-ethyl adjacent to an activating group) is 1. The van der Waals surface area contributed by atoms with Crippen LogP contribution in [0.2, 0.25) is 5.02 Å². The number of amides is 1. The minimum absolute atomic E-state index is 0.0964. The van der Waals surface area contributed by atoms with Crippen molar-refractivity contribution in [1.82, 2.24) is 4.90 Å². The molecule has 2 rings (SSSR count). The maximum absolute atomic E-state index is 12.0. The van der Waals surface area contributed by atoms with Crippen molar-refractivity contribution in [3.05, 3.63) is 28.8 Å². The van der Waals surface area contributed by atoms with Crippen LogP contribution in [-0.2, 0) is 4.79 Å². The fraction of sp³-hybridized carbons (Fsp3) is 0.533. The molecule has 0 aliphatic heterocycles. The number of aliphatic hydroxyl groups excluding tert-OH is 1. The lowest BCUT2D eigenvalue weighted by atomic mass is 10.2. The molecule has 110 valence electrons. The molecule has 1 saturated carbocycles. The van der Waals surface area contributed by atoms with Crippen LogP contribution in [0.4, 0.5) is 5.69 Å². The zero-order chi connectivity index (χ0) is 14.7. The van der Waals surface area contributed by atoms with E-state index in [0.717, 1.165) is 24.1 Å². The molecule has 0 radical (unpaired) electrons. The molecule has 1 amide bonds. The molecule has 5 heteroatoms. The Morgan fingerprint density at radius 2 is 2.25 bits per heavy atom. The summed E-state index contributed by atoms with van der Waals surface area (Å²) in [5.41, 5.74) is 1.60. The predicted molar refractivity (Wildman–Crippen MR) is 81.0 cm³/mol. The lowest BCUT2D eigenvalue weighted by Gasteiger charge is -2.20. The first-order valence-corrected chi connectivity index (χ1v) is 7.26. The van der Waals surface area contributed by atoms with Gasteiger partial charge in [-0.25, -0.2) is 0 Å². The van der Waals surface area contributed by atoms with Gasteiger partial charge in [0.2, 0.25) is 5.91 Å². The highest BCUT2D eigenvalue weighted by Gasteiger charge is 2.30. The number of carbonyl (C=O) groups excluding carboxylic acids is 1. The van der Waals surface area contributed by atoms with Crippen molar-refractivity contribution in [2.75, 3.05) is 25.5 Å². The molecule has 4 nitrogen and oxygen atoms in total. The summed E-state index contributed by atoms with van der Waals surface area (Å²) in [6.45, 7) is 2.67. The van der Waals surface area contributed by atoms with Gasteiger partial charge in [0.05, 0.1) is 12.6 Å². The summed E-state index contributed by atoms with van der Waals surface area (Å²) in [5, 5.41) is 13.3. The number of hydrogen-bond donors (Lipinski definition) is 2. The molecule has 0 saturated heterocycles. The van der Waals surface area contributed by atoms with E-state index in [2.05, 4.69) is 5.32 Å². The van der Waals surface area contributed by atoms with Crippen molar-refractivity contribution < 1.29 is 9.90 Å². The fourth-order valence-electron chi connectivity index (χ4n) is 2.19. The van der Waals surface area contributed by atoms with Crippen molar-refractivity contribution >= 4 is 23.2 Å². The molecule has 1 fully saturated rings. The van der Waals surface area contributed by atoms with Gasteiger partial charge >= 0.3 is 0 Å². The van der Waals surface area contributed by atoms with E-state index in [-0.39, 0.29) is 18.6 Å². The summed E-state index contributed by atoms with van der Waals surface area (Å²) in [4.78, 5) is 13.8. The number of anilines is 1. The van der Waals surface area contributed by atoms with Crippen LogP contribution in [0.15, 0.2) is 18.2 Å². The first kappa shape index (κ1) is 15.3. The molecule has 0 aromatic heterocycles. The van der Waals surface area contributed by atoms with Crippen LogP contribution in [0.3, 0.4) is 0 Å². The lowest BCUT2D eigenvalue weighted by molar-refractivity contribution is -0.117. The highest BCUT2D eigenvalue weighted by molar-refractivity contribution is 6.31. The monoisotopic (exact) mass is 296 g/mol. The maximum Gasteiger partial charge on any atom is 0.238 e. The smallest absolute Gasteiger partial charge is 0.238 e. The standard InChI is InChI=1S/C15H21ClN2O2/c1-10-12(16)4-3-5-13(10)17-15(20)9-18(2)8-14(19)11-6-7-11/h3-5,11,14,19H,6-9H2,1-2H3,(H,17,20). The molecule has 1 aliphatic rings. The molecular formula is C15H21ClN2O2. The second-order valence-corrected chi connectivity index (χ2v) is 5.97. The molecular weight excluding hydrogens is 276 g/mol. The van der Waals surface area contributed by atoms with Crippen molar-refractivity contribution in [1.29, 1.82) is 0 Å². The Morgan fingerprint density at radius 3 is 2.90 bits per heavy atom. The van der Waals surface area contributed by atoms with E-state index in [9.17, 15) is 9.90 Å². The number of benzene rings is 1. The molecule has 1 unspecified atom stereocenters. The van der Waals surface area contributed by atoms with E-state index in [0.29, 0.717) is 17.5 Å². The van der Waals surface area contributed by atoms with Gasteiger partial charge in [-0.2, -0.15) is 0 Å². The summed E-state index contributed by atoms with van der Waals surface area (Å²) >= 11 is 6.02. The third-order valence-corrected chi connectivity index (χ3v) is 4.03. The van der Waals surface area contributed by atoms with Crippen LogP contribution in [0.5, 0.6) is 0 Å². The van der Waals surface area contributed by atoms with Gasteiger partial charge in [-0.3, -0.25) is 9.69 Å². The van der Waals surface area contributed by atoms with E-state index in [1.165, 1.54) is 0 Å². The Morgan fingerprint density at radius 1 is 1.55 bits per heavy atom. The van der Waals surface area contributed by atoms with Crippen LogP contribution in [-0.4, -0.2) is 42.2 Å². The average Bonchev–Trinajstić information content (AvgIpc) is 3.18. The fourth-order valence-corrected chi connectivity index (χ4v) is 2.37. The van der Waals surface area contributed by atoms with Gasteiger partial charge in [-0.15, -0.1) is 0 Å². The van der Waals surface area contributed by atoms with Gasteiger partial charge in [0.25, 0.3) is 0 Å². The van der Waals surface area contributed by atoms with Crippen LogP contribution in [0.25, 0.3) is 0 Å². The minimum atomic E-state index is -0.319. The zero-order valence-corrected chi connectivity index (χ0v) is 12.7. The van der Waals surface area contributed by atoms with E-state index < -0.39 is 0 Å². The number of hydrogen-bond acceptors (Lipinski definition) is 3. The largest absolute Gasteiger partial charge is 0.392 e. The lowest BCUT2D eigenvalue weighted by Crippen LogP contribution is -2.36. The Hall–Kier alpha value is -1.10. The Labute approximate surface area is 124 Å². The third kappa shape index (κ3) is 4.20. The van der Waals surface area contributed by atoms with E-state index in [4.69, 9.17) is 11.6 Å². The molecule has 1 atom stereocenters. The summed E-state index contributed by atoms with van der Waals surface area (Å²) < 4.78 is 0. The van der Waals surface area contributed by atoms with Crippen LogP contribution in [0.1, 0.15) is 18.4 Å². The molecule has 0 bridgehead atoms. The Kier molecular flexibility index (Phi) is 5.02. The molecule has 1 aromatic rings. The highest BCUT2D eigenvalue weighted by atomic mass is 35.5. The summed E-state index contributed by atoms with van der Waals surface area (Å²) in [5.74, 6) is 0.330. The van der Waals surface area contributed by atoms with Gasteiger partial charge in [0.15, 0.2) is 0 Å². The van der Waals surface area contributed by atoms with Crippen molar-refractivity contribution in [3.63, 3.8) is 0 Å². The van der Waals surface area contributed by atoms with Crippen molar-refractivity contribution in [2.45, 2.75) is 25.9 Å². The average molecular weight is 297 g/mol. The summed E-state index contributed by atoms with van der Waals surface area (Å²) in [6, 6.07) is 5.44. The van der Waals surface area contributed by atoms with E-state index >= 15 is 0 Å². The summed E-state index contributed by atoms with van der Waals surface area (Å²) in [6.07, 6.45) is 1.88. The van der Waals surface area contributed by atoms with E-state index in [1.54, 1.807) is 6.07 Å². The quantitative estimate of drug-likeness (QED) is 0.847. The van der Waals surface area contributed by atoms with Crippen LogP contribution in [0, 0.1) is 12.8 Å². The summed E-state index contributed by atoms with van der Waals surface area (Å²) in [7, 11) is 1.84. The molecule has 20 heavy (non-hydrogen) atoms.